The molecule has 2 aromatic carbocycles. The van der Waals surface area contributed by atoms with Gasteiger partial charge in [0.2, 0.25) is 6.10 Å². The molecule has 1 unspecified atom stereocenters. The van der Waals surface area contributed by atoms with E-state index in [2.05, 4.69) is 20.0 Å². The zero-order valence-electron chi connectivity index (χ0n) is 15.9. The second-order valence-corrected chi connectivity index (χ2v) is 6.73. The van der Waals surface area contributed by atoms with Crippen molar-refractivity contribution in [2.45, 2.75) is 32.4 Å². The third-order valence-corrected chi connectivity index (χ3v) is 4.91. The summed E-state index contributed by atoms with van der Waals surface area (Å²) in [6, 6.07) is 11.4. The Morgan fingerprint density at radius 3 is 2.72 bits per heavy atom. The maximum absolute atomic E-state index is 13.9. The predicted octanol–water partition coefficient (Wildman–Crippen LogP) is 3.19. The predicted molar refractivity (Wildman–Crippen MR) is 105 cm³/mol. The summed E-state index contributed by atoms with van der Waals surface area (Å²) in [7, 11) is 0. The van der Waals surface area contributed by atoms with E-state index in [1.165, 1.54) is 6.07 Å². The number of oxime groups is 1. The minimum atomic E-state index is -0.908. The summed E-state index contributed by atoms with van der Waals surface area (Å²) in [6.07, 6.45) is -0.345. The van der Waals surface area contributed by atoms with Gasteiger partial charge in [-0.1, -0.05) is 23.4 Å². The molecule has 1 aliphatic heterocycles. The van der Waals surface area contributed by atoms with Crippen LogP contribution >= 0.6 is 0 Å². The van der Waals surface area contributed by atoms with E-state index in [9.17, 15) is 13.6 Å². The van der Waals surface area contributed by atoms with Crippen molar-refractivity contribution in [3.05, 3.63) is 65.5 Å². The van der Waals surface area contributed by atoms with Crippen molar-refractivity contribution in [3.63, 3.8) is 0 Å². The number of fused-ring (bicyclic) bond motifs is 1. The molecule has 0 radical (unpaired) electrons. The Bertz CT molecular complexity index is 1070. The Hall–Kier alpha value is -3.29. The average molecular weight is 398 g/mol. The third kappa shape index (κ3) is 3.70. The van der Waals surface area contributed by atoms with Gasteiger partial charge in [0.25, 0.3) is 5.91 Å². The molecular weight excluding hydrogens is 378 g/mol. The van der Waals surface area contributed by atoms with Crippen molar-refractivity contribution in [2.24, 2.45) is 5.16 Å². The first-order valence-electron chi connectivity index (χ1n) is 9.47. The molecule has 1 aliphatic rings. The maximum atomic E-state index is 13.9. The molecule has 0 saturated carbocycles. The van der Waals surface area contributed by atoms with E-state index >= 15 is 0 Å². The number of para-hydroxylation sites is 2. The van der Waals surface area contributed by atoms with E-state index in [4.69, 9.17) is 4.84 Å². The molecule has 150 valence electrons. The van der Waals surface area contributed by atoms with Crippen LogP contribution in [0.15, 0.2) is 47.6 Å². The van der Waals surface area contributed by atoms with E-state index in [1.807, 2.05) is 31.2 Å². The molecule has 2 heterocycles. The van der Waals surface area contributed by atoms with E-state index in [1.54, 1.807) is 0 Å². The molecule has 0 aliphatic carbocycles. The maximum Gasteiger partial charge on any atom is 0.264 e. The zero-order valence-corrected chi connectivity index (χ0v) is 15.9. The molecular formula is C21H20F2N4O2. The van der Waals surface area contributed by atoms with Crippen LogP contribution in [-0.4, -0.2) is 33.8 Å². The lowest BCUT2D eigenvalue weighted by atomic mass is 10.0. The normalized spacial score (nSPS) is 16.0. The second kappa shape index (κ2) is 7.98. The molecule has 1 atom stereocenters. The number of rotatable bonds is 6. The molecule has 29 heavy (non-hydrogen) atoms. The quantitative estimate of drug-likeness (QED) is 0.693. The molecule has 0 fully saturated rings. The molecule has 1 N–H and O–H groups in total. The van der Waals surface area contributed by atoms with Crippen LogP contribution in [0.3, 0.4) is 0 Å². The summed E-state index contributed by atoms with van der Waals surface area (Å²) in [4.78, 5) is 22.1. The number of carbonyl (C=O) groups excluding carboxylic acids is 1. The third-order valence-electron chi connectivity index (χ3n) is 4.91. The van der Waals surface area contributed by atoms with Gasteiger partial charge in [0, 0.05) is 25.9 Å². The van der Waals surface area contributed by atoms with Crippen molar-refractivity contribution in [2.75, 3.05) is 6.54 Å². The summed E-state index contributed by atoms with van der Waals surface area (Å²) in [5.74, 6) is -0.954. The van der Waals surface area contributed by atoms with E-state index < -0.39 is 17.7 Å². The van der Waals surface area contributed by atoms with Crippen molar-refractivity contribution in [3.8, 4) is 0 Å². The van der Waals surface area contributed by atoms with Crippen LogP contribution in [0.25, 0.3) is 11.0 Å². The summed E-state index contributed by atoms with van der Waals surface area (Å²) in [5, 5.41) is 6.50. The highest BCUT2D eigenvalue weighted by atomic mass is 19.1. The number of nitrogens with one attached hydrogen (secondary N) is 1. The van der Waals surface area contributed by atoms with Crippen molar-refractivity contribution < 1.29 is 18.4 Å². The fourth-order valence-electron chi connectivity index (χ4n) is 3.52. The van der Waals surface area contributed by atoms with Crippen LogP contribution in [0.1, 0.15) is 24.7 Å². The molecule has 0 saturated heterocycles. The fraction of sp³-hybridized carbons (Fsp3) is 0.286. The minimum absolute atomic E-state index is 0.0111. The average Bonchev–Trinajstić information content (AvgIpc) is 3.32. The van der Waals surface area contributed by atoms with Gasteiger partial charge in [-0.2, -0.15) is 0 Å². The van der Waals surface area contributed by atoms with Gasteiger partial charge < -0.3 is 14.7 Å². The molecule has 8 heteroatoms. The van der Waals surface area contributed by atoms with Crippen molar-refractivity contribution in [1.82, 2.24) is 14.9 Å². The van der Waals surface area contributed by atoms with Gasteiger partial charge in [0.1, 0.15) is 17.5 Å². The molecule has 0 bridgehead atoms. The highest BCUT2D eigenvalue weighted by molar-refractivity contribution is 6.04. The summed E-state index contributed by atoms with van der Waals surface area (Å²) in [5.41, 5.74) is 1.81. The number of halogens is 2. The number of imidazole rings is 1. The van der Waals surface area contributed by atoms with Gasteiger partial charge >= 0.3 is 0 Å². The number of hydrogen-bond donors (Lipinski definition) is 1. The Balaban J connectivity index is 1.36. The van der Waals surface area contributed by atoms with Gasteiger partial charge in [0.15, 0.2) is 0 Å². The highest BCUT2D eigenvalue weighted by Gasteiger charge is 2.31. The number of amides is 1. The monoisotopic (exact) mass is 398 g/mol. The standard InChI is InChI=1S/C21H20F2N4O2/c1-2-27-17-9-4-3-8-15(17)25-19(27)10-11-24-21(28)18-12-16(26-29-18)20-13(22)6-5-7-14(20)23/h3-9,18H,2,10-12H2,1H3,(H,24,28). The SMILES string of the molecule is CCn1c(CCNC(=O)C2CC(c3c(F)cccc3F)=NO2)nc2ccccc21. The smallest absolute Gasteiger partial charge is 0.264 e. The van der Waals surface area contributed by atoms with Crippen LogP contribution in [0, 0.1) is 11.6 Å². The topological polar surface area (TPSA) is 68.5 Å². The summed E-state index contributed by atoms with van der Waals surface area (Å²) >= 11 is 0. The first-order valence-corrected chi connectivity index (χ1v) is 9.47. The second-order valence-electron chi connectivity index (χ2n) is 6.73. The Morgan fingerprint density at radius 2 is 1.97 bits per heavy atom. The lowest BCUT2D eigenvalue weighted by molar-refractivity contribution is -0.131. The lowest BCUT2D eigenvalue weighted by Crippen LogP contribution is -2.36. The van der Waals surface area contributed by atoms with Gasteiger partial charge in [0.05, 0.1) is 22.3 Å². The molecule has 1 aromatic heterocycles. The first-order chi connectivity index (χ1) is 14.1. The van der Waals surface area contributed by atoms with Crippen molar-refractivity contribution >= 4 is 22.7 Å². The number of carbonyl (C=O) groups is 1. The number of benzene rings is 2. The Labute approximate surface area is 166 Å². The van der Waals surface area contributed by atoms with E-state index in [0.717, 1.165) is 35.5 Å². The van der Waals surface area contributed by atoms with Gasteiger partial charge in [-0.15, -0.1) is 0 Å². The first kappa shape index (κ1) is 19.0. The molecule has 0 spiro atoms. The lowest BCUT2D eigenvalue weighted by Gasteiger charge is -2.10. The van der Waals surface area contributed by atoms with Gasteiger partial charge in [-0.05, 0) is 31.2 Å². The van der Waals surface area contributed by atoms with Crippen LogP contribution in [0.5, 0.6) is 0 Å². The number of nitrogens with zero attached hydrogens (tertiary/aromatic N) is 3. The van der Waals surface area contributed by atoms with E-state index in [0.29, 0.717) is 13.0 Å². The molecule has 4 rings (SSSR count). The van der Waals surface area contributed by atoms with E-state index in [-0.39, 0.29) is 23.6 Å². The summed E-state index contributed by atoms with van der Waals surface area (Å²) < 4.78 is 29.9. The zero-order chi connectivity index (χ0) is 20.4. The number of aromatic nitrogens is 2. The highest BCUT2D eigenvalue weighted by Crippen LogP contribution is 2.22. The fourth-order valence-corrected chi connectivity index (χ4v) is 3.52. The Morgan fingerprint density at radius 1 is 1.21 bits per heavy atom. The van der Waals surface area contributed by atoms with Crippen LogP contribution in [0.4, 0.5) is 8.78 Å². The van der Waals surface area contributed by atoms with Crippen molar-refractivity contribution in [1.29, 1.82) is 0 Å². The molecule has 3 aromatic rings. The van der Waals surface area contributed by atoms with Gasteiger partial charge in [-0.25, -0.2) is 13.8 Å². The molecule has 6 nitrogen and oxygen atoms in total. The Kier molecular flexibility index (Phi) is 5.24. The molecule has 1 amide bonds. The number of hydrogen-bond acceptors (Lipinski definition) is 4. The van der Waals surface area contributed by atoms with Crippen LogP contribution in [0.2, 0.25) is 0 Å². The largest absolute Gasteiger partial charge is 0.382 e. The van der Waals surface area contributed by atoms with Crippen LogP contribution < -0.4 is 5.32 Å². The summed E-state index contributed by atoms with van der Waals surface area (Å²) in [6.45, 7) is 3.19. The van der Waals surface area contributed by atoms with Gasteiger partial charge in [-0.3, -0.25) is 4.79 Å². The minimum Gasteiger partial charge on any atom is -0.382 e. The van der Waals surface area contributed by atoms with Crippen LogP contribution in [-0.2, 0) is 22.6 Å². The number of aryl methyl sites for hydroxylation is 1.